The van der Waals surface area contributed by atoms with Gasteiger partial charge >= 0.3 is 5.97 Å². The first-order valence-electron chi connectivity index (χ1n) is 10.8. The minimum Gasteiger partial charge on any atom is -0.512 e. The maximum Gasteiger partial charge on any atom is 0.337 e. The lowest BCUT2D eigenvalue weighted by molar-refractivity contribution is -0.147. The topological polar surface area (TPSA) is 46.5 Å². The fourth-order valence-electron chi connectivity index (χ4n) is 3.54. The third-order valence-corrected chi connectivity index (χ3v) is 5.20. The number of aliphatic hydroxyl groups is 1. The van der Waals surface area contributed by atoms with Crippen molar-refractivity contribution in [3.63, 3.8) is 0 Å². The lowest BCUT2D eigenvalue weighted by Crippen LogP contribution is -2.26. The van der Waals surface area contributed by atoms with Gasteiger partial charge in [-0.3, -0.25) is 0 Å². The predicted octanol–water partition coefficient (Wildman–Crippen LogP) is 7.01. The van der Waals surface area contributed by atoms with E-state index in [1.165, 1.54) is 64.2 Å². The van der Waals surface area contributed by atoms with Crippen LogP contribution in [0.4, 0.5) is 0 Å². The maximum atomic E-state index is 12.1. The third kappa shape index (κ3) is 9.91. The van der Waals surface area contributed by atoms with E-state index in [0.717, 1.165) is 25.7 Å². The average molecular weight is 353 g/mol. The molecule has 146 valence electrons. The first-order chi connectivity index (χ1) is 12.2. The molecule has 1 aliphatic heterocycles. The number of carbonyl (C=O) groups is 1. The number of rotatable bonds is 15. The van der Waals surface area contributed by atoms with E-state index in [1.54, 1.807) is 0 Å². The molecule has 0 aliphatic carbocycles. The number of ether oxygens (including phenoxy) is 1. The van der Waals surface area contributed by atoms with Gasteiger partial charge in [-0.25, -0.2) is 4.79 Å². The van der Waals surface area contributed by atoms with Gasteiger partial charge in [-0.1, -0.05) is 84.5 Å². The molecule has 3 nitrogen and oxygen atoms in total. The van der Waals surface area contributed by atoms with Crippen LogP contribution in [0.25, 0.3) is 0 Å². The molecule has 3 heteroatoms. The van der Waals surface area contributed by atoms with Crippen LogP contribution in [0.2, 0.25) is 0 Å². The smallest absolute Gasteiger partial charge is 0.337 e. The molecule has 25 heavy (non-hydrogen) atoms. The molecule has 0 amide bonds. The van der Waals surface area contributed by atoms with E-state index in [0.29, 0.717) is 18.4 Å². The average Bonchev–Trinajstić information content (AvgIpc) is 2.59. The Balaban J connectivity index is 2.12. The van der Waals surface area contributed by atoms with E-state index >= 15 is 0 Å². The SMILES string of the molecule is CCCCCCCCCCC[C@H]1CC(O)=C(CCCCCC)C(=O)O1. The van der Waals surface area contributed by atoms with Crippen LogP contribution in [-0.2, 0) is 9.53 Å². The van der Waals surface area contributed by atoms with Crippen molar-refractivity contribution in [3.05, 3.63) is 11.3 Å². The van der Waals surface area contributed by atoms with Crippen molar-refractivity contribution in [2.24, 2.45) is 0 Å². The summed E-state index contributed by atoms with van der Waals surface area (Å²) in [5.41, 5.74) is 0.527. The van der Waals surface area contributed by atoms with E-state index in [-0.39, 0.29) is 17.8 Å². The molecule has 1 aliphatic rings. The number of aliphatic hydroxyl groups excluding tert-OH is 1. The van der Waals surface area contributed by atoms with Crippen molar-refractivity contribution in [1.29, 1.82) is 0 Å². The summed E-state index contributed by atoms with van der Waals surface area (Å²) in [6.45, 7) is 4.42. The van der Waals surface area contributed by atoms with Crippen LogP contribution >= 0.6 is 0 Å². The van der Waals surface area contributed by atoms with Crippen molar-refractivity contribution >= 4 is 5.97 Å². The minimum atomic E-state index is -0.277. The quantitative estimate of drug-likeness (QED) is 0.255. The normalized spacial score (nSPS) is 17.8. The largest absolute Gasteiger partial charge is 0.512 e. The number of hydrogen-bond acceptors (Lipinski definition) is 3. The maximum absolute atomic E-state index is 12.1. The molecule has 1 atom stereocenters. The van der Waals surface area contributed by atoms with Gasteiger partial charge in [0.25, 0.3) is 0 Å². The van der Waals surface area contributed by atoms with Gasteiger partial charge < -0.3 is 9.84 Å². The Hall–Kier alpha value is -0.990. The van der Waals surface area contributed by atoms with E-state index in [1.807, 2.05) is 0 Å². The molecular weight excluding hydrogens is 312 g/mol. The van der Waals surface area contributed by atoms with Crippen LogP contribution in [0.1, 0.15) is 117 Å². The zero-order valence-corrected chi connectivity index (χ0v) is 16.7. The summed E-state index contributed by atoms with van der Waals surface area (Å²) >= 11 is 0. The molecule has 1 N–H and O–H groups in total. The highest BCUT2D eigenvalue weighted by atomic mass is 16.5. The Morgan fingerprint density at radius 3 is 1.92 bits per heavy atom. The first-order valence-corrected chi connectivity index (χ1v) is 10.8. The van der Waals surface area contributed by atoms with Crippen molar-refractivity contribution in [3.8, 4) is 0 Å². The molecular formula is C22H40O3. The third-order valence-electron chi connectivity index (χ3n) is 5.20. The minimum absolute atomic E-state index is 0.114. The van der Waals surface area contributed by atoms with Crippen LogP contribution in [0, 0.1) is 0 Å². The molecule has 0 radical (unpaired) electrons. The molecule has 1 heterocycles. The van der Waals surface area contributed by atoms with Gasteiger partial charge in [0.2, 0.25) is 0 Å². The highest BCUT2D eigenvalue weighted by molar-refractivity contribution is 5.89. The van der Waals surface area contributed by atoms with E-state index < -0.39 is 0 Å². The second-order valence-electron chi connectivity index (χ2n) is 7.58. The monoisotopic (exact) mass is 352 g/mol. The van der Waals surface area contributed by atoms with Gasteiger partial charge in [-0.15, -0.1) is 0 Å². The second kappa shape index (κ2) is 14.2. The Kier molecular flexibility index (Phi) is 12.5. The van der Waals surface area contributed by atoms with Crippen LogP contribution in [0.5, 0.6) is 0 Å². The molecule has 0 aromatic carbocycles. The molecule has 0 unspecified atom stereocenters. The standard InChI is InChI=1S/C22H40O3/c1-3-5-7-9-10-11-12-13-14-16-19-18-21(23)20(22(24)25-19)17-15-8-6-4-2/h19,23H,3-18H2,1-2H3/t19-/m0/s1. The molecule has 0 saturated heterocycles. The van der Waals surface area contributed by atoms with Crippen LogP contribution in [0.15, 0.2) is 11.3 Å². The van der Waals surface area contributed by atoms with Crippen molar-refractivity contribution in [1.82, 2.24) is 0 Å². The fourth-order valence-corrected chi connectivity index (χ4v) is 3.54. The van der Waals surface area contributed by atoms with Gasteiger partial charge in [-0.05, 0) is 25.7 Å². The van der Waals surface area contributed by atoms with Gasteiger partial charge in [0.1, 0.15) is 11.9 Å². The Morgan fingerprint density at radius 2 is 1.36 bits per heavy atom. The Morgan fingerprint density at radius 1 is 0.840 bits per heavy atom. The summed E-state index contributed by atoms with van der Waals surface area (Å²) in [6, 6.07) is 0. The van der Waals surface area contributed by atoms with E-state index in [9.17, 15) is 9.90 Å². The molecule has 0 aromatic rings. The zero-order chi connectivity index (χ0) is 18.3. The molecule has 0 saturated carbocycles. The number of esters is 1. The number of hydrogen-bond donors (Lipinski definition) is 1. The van der Waals surface area contributed by atoms with Crippen molar-refractivity contribution in [2.45, 2.75) is 123 Å². The summed E-state index contributed by atoms with van der Waals surface area (Å²) in [7, 11) is 0. The second-order valence-corrected chi connectivity index (χ2v) is 7.58. The zero-order valence-electron chi connectivity index (χ0n) is 16.7. The summed E-state index contributed by atoms with van der Waals surface area (Å²) < 4.78 is 5.54. The Labute approximate surface area is 155 Å². The summed E-state index contributed by atoms with van der Waals surface area (Å²) in [5, 5.41) is 10.2. The van der Waals surface area contributed by atoms with Gasteiger partial charge in [0, 0.05) is 6.42 Å². The molecule has 0 aromatic heterocycles. The number of unbranched alkanes of at least 4 members (excludes halogenated alkanes) is 11. The van der Waals surface area contributed by atoms with Gasteiger partial charge in [0.15, 0.2) is 0 Å². The van der Waals surface area contributed by atoms with Crippen LogP contribution < -0.4 is 0 Å². The summed E-state index contributed by atoms with van der Waals surface area (Å²) in [6.07, 6.45) is 18.0. The van der Waals surface area contributed by atoms with Gasteiger partial charge in [-0.2, -0.15) is 0 Å². The van der Waals surface area contributed by atoms with Gasteiger partial charge in [0.05, 0.1) is 5.57 Å². The highest BCUT2D eigenvalue weighted by Crippen LogP contribution is 2.27. The van der Waals surface area contributed by atoms with E-state index in [4.69, 9.17) is 4.74 Å². The van der Waals surface area contributed by atoms with Crippen LogP contribution in [0.3, 0.4) is 0 Å². The van der Waals surface area contributed by atoms with Crippen LogP contribution in [-0.4, -0.2) is 17.2 Å². The highest BCUT2D eigenvalue weighted by Gasteiger charge is 2.28. The fraction of sp³-hybridized carbons (Fsp3) is 0.864. The summed E-state index contributed by atoms with van der Waals surface area (Å²) in [4.78, 5) is 12.1. The molecule has 0 fully saturated rings. The predicted molar refractivity (Wildman–Crippen MR) is 105 cm³/mol. The first kappa shape index (κ1) is 22.1. The van der Waals surface area contributed by atoms with E-state index in [2.05, 4.69) is 13.8 Å². The molecule has 0 spiro atoms. The van der Waals surface area contributed by atoms with Crippen molar-refractivity contribution in [2.75, 3.05) is 0 Å². The lowest BCUT2D eigenvalue weighted by atomic mass is 9.97. The number of cyclic esters (lactones) is 1. The number of carbonyl (C=O) groups excluding carboxylic acids is 1. The molecule has 0 bridgehead atoms. The van der Waals surface area contributed by atoms with Crippen molar-refractivity contribution < 1.29 is 14.6 Å². The molecule has 1 rings (SSSR count). The Bertz CT molecular complexity index is 387. The summed E-state index contributed by atoms with van der Waals surface area (Å²) in [5.74, 6) is 0.00912. The lowest BCUT2D eigenvalue weighted by Gasteiger charge is -2.24.